The van der Waals surface area contributed by atoms with Crippen LogP contribution in [0.5, 0.6) is 0 Å². The molecule has 1 aliphatic carbocycles. The lowest BCUT2D eigenvalue weighted by Crippen LogP contribution is -2.42. The molecule has 0 bridgehead atoms. The fourth-order valence-corrected chi connectivity index (χ4v) is 3.24. The van der Waals surface area contributed by atoms with E-state index in [1.807, 2.05) is 20.8 Å². The minimum absolute atomic E-state index is 0.223. The lowest BCUT2D eigenvalue weighted by molar-refractivity contribution is 0.0492. The maximum atomic E-state index is 11.9. The molecule has 0 aromatic heterocycles. The van der Waals surface area contributed by atoms with Gasteiger partial charge >= 0.3 is 6.09 Å². The van der Waals surface area contributed by atoms with Crippen LogP contribution in [0.4, 0.5) is 10.5 Å². The molecule has 4 heteroatoms. The summed E-state index contributed by atoms with van der Waals surface area (Å²) < 4.78 is 5.34. The summed E-state index contributed by atoms with van der Waals surface area (Å²) in [7, 11) is 0. The van der Waals surface area contributed by atoms with Crippen molar-refractivity contribution in [1.29, 1.82) is 0 Å². The zero-order valence-corrected chi connectivity index (χ0v) is 16.4. The summed E-state index contributed by atoms with van der Waals surface area (Å²) >= 11 is 0. The molecule has 1 amide bonds. The number of hydrogen-bond donors (Lipinski definition) is 2. The molecule has 140 valence electrons. The molecule has 1 atom stereocenters. The van der Waals surface area contributed by atoms with E-state index in [2.05, 4.69) is 48.7 Å². The van der Waals surface area contributed by atoms with Crippen molar-refractivity contribution in [1.82, 2.24) is 5.32 Å². The van der Waals surface area contributed by atoms with Crippen LogP contribution in [0.2, 0.25) is 0 Å². The Morgan fingerprint density at radius 3 is 2.20 bits per heavy atom. The predicted octanol–water partition coefficient (Wildman–Crippen LogP) is 5.45. The van der Waals surface area contributed by atoms with Crippen LogP contribution < -0.4 is 10.6 Å². The van der Waals surface area contributed by atoms with Crippen molar-refractivity contribution in [2.24, 2.45) is 0 Å². The first-order valence-electron chi connectivity index (χ1n) is 9.63. The van der Waals surface area contributed by atoms with Crippen LogP contribution in [0.1, 0.15) is 78.2 Å². The van der Waals surface area contributed by atoms with Crippen LogP contribution in [-0.4, -0.2) is 23.8 Å². The van der Waals surface area contributed by atoms with E-state index >= 15 is 0 Å². The van der Waals surface area contributed by atoms with Gasteiger partial charge in [-0.3, -0.25) is 0 Å². The molecule has 1 aliphatic rings. The van der Waals surface area contributed by atoms with Gasteiger partial charge in [-0.2, -0.15) is 0 Å². The van der Waals surface area contributed by atoms with Crippen molar-refractivity contribution in [3.05, 3.63) is 29.8 Å². The Bertz CT molecular complexity index is 540. The van der Waals surface area contributed by atoms with Gasteiger partial charge in [0.1, 0.15) is 5.60 Å². The Labute approximate surface area is 152 Å². The van der Waals surface area contributed by atoms with Gasteiger partial charge in [-0.05, 0) is 76.5 Å². The molecule has 1 unspecified atom stereocenters. The Hall–Kier alpha value is -1.71. The van der Waals surface area contributed by atoms with Crippen molar-refractivity contribution in [3.8, 4) is 0 Å². The third kappa shape index (κ3) is 6.60. The highest BCUT2D eigenvalue weighted by molar-refractivity contribution is 5.68. The van der Waals surface area contributed by atoms with E-state index in [-0.39, 0.29) is 12.1 Å². The topological polar surface area (TPSA) is 50.4 Å². The third-order valence-electron chi connectivity index (χ3n) is 4.91. The minimum atomic E-state index is -0.440. The van der Waals surface area contributed by atoms with Crippen LogP contribution in [0.25, 0.3) is 0 Å². The Morgan fingerprint density at radius 1 is 1.12 bits per heavy atom. The first-order valence-corrected chi connectivity index (χ1v) is 9.63. The number of anilines is 1. The molecule has 0 spiro atoms. The number of hydrogen-bond acceptors (Lipinski definition) is 3. The lowest BCUT2D eigenvalue weighted by Gasteiger charge is -2.31. The number of alkyl carbamates (subject to hydrolysis) is 1. The number of rotatable bonds is 5. The summed E-state index contributed by atoms with van der Waals surface area (Å²) in [5.41, 5.74) is 2.15. The molecule has 0 saturated heterocycles. The monoisotopic (exact) mass is 346 g/mol. The molecule has 1 aromatic carbocycles. The summed E-state index contributed by atoms with van der Waals surface area (Å²) in [6.45, 7) is 10.2. The lowest BCUT2D eigenvalue weighted by atomic mass is 9.91. The fourth-order valence-electron chi connectivity index (χ4n) is 3.24. The van der Waals surface area contributed by atoms with Crippen LogP contribution in [0, 0.1) is 0 Å². The first-order chi connectivity index (χ1) is 11.8. The van der Waals surface area contributed by atoms with Crippen LogP contribution in [0.3, 0.4) is 0 Å². The van der Waals surface area contributed by atoms with E-state index in [0.717, 1.165) is 25.7 Å². The zero-order valence-electron chi connectivity index (χ0n) is 16.4. The van der Waals surface area contributed by atoms with Crippen molar-refractivity contribution >= 4 is 11.8 Å². The van der Waals surface area contributed by atoms with E-state index in [9.17, 15) is 4.79 Å². The average Bonchev–Trinajstić information content (AvgIpc) is 2.55. The first kappa shape index (κ1) is 19.6. The number of nitrogens with one attached hydrogen (secondary N) is 2. The van der Waals surface area contributed by atoms with E-state index in [1.165, 1.54) is 17.7 Å². The van der Waals surface area contributed by atoms with Crippen molar-refractivity contribution < 1.29 is 9.53 Å². The smallest absolute Gasteiger partial charge is 0.407 e. The van der Waals surface area contributed by atoms with Crippen LogP contribution in [-0.2, 0) is 4.74 Å². The van der Waals surface area contributed by atoms with Gasteiger partial charge in [-0.25, -0.2) is 4.79 Å². The Balaban J connectivity index is 1.76. The number of carbonyl (C=O) groups is 1. The molecule has 0 aliphatic heterocycles. The normalized spacial score (nSPS) is 22.1. The summed E-state index contributed by atoms with van der Waals surface area (Å²) in [4.78, 5) is 11.9. The summed E-state index contributed by atoms with van der Waals surface area (Å²) in [5.74, 6) is 0.614. The van der Waals surface area contributed by atoms with E-state index in [4.69, 9.17) is 4.74 Å². The molecule has 0 radical (unpaired) electrons. The van der Waals surface area contributed by atoms with Gasteiger partial charge in [0, 0.05) is 17.8 Å². The number of ether oxygens (including phenoxy) is 1. The summed E-state index contributed by atoms with van der Waals surface area (Å²) in [6.07, 6.45) is 4.97. The number of carbonyl (C=O) groups excluding carboxylic acids is 1. The molecule has 0 heterocycles. The second-order valence-corrected chi connectivity index (χ2v) is 8.27. The second-order valence-electron chi connectivity index (χ2n) is 8.27. The zero-order chi connectivity index (χ0) is 18.4. The highest BCUT2D eigenvalue weighted by atomic mass is 16.6. The Kier molecular flexibility index (Phi) is 6.74. The van der Waals surface area contributed by atoms with E-state index in [0.29, 0.717) is 12.0 Å². The molecular weight excluding hydrogens is 312 g/mol. The maximum absolute atomic E-state index is 11.9. The van der Waals surface area contributed by atoms with Crippen LogP contribution in [0.15, 0.2) is 24.3 Å². The highest BCUT2D eigenvalue weighted by Crippen LogP contribution is 2.25. The van der Waals surface area contributed by atoms with E-state index in [1.54, 1.807) is 0 Å². The standard InChI is InChI=1S/C21H34N2O2/c1-6-15(2)16-7-9-17(10-8-16)22-18-11-13-19(14-12-18)23-20(24)25-21(3,4)5/h7-10,15,18-19,22H,6,11-14H2,1-5H3,(H,23,24). The van der Waals surface area contributed by atoms with Gasteiger partial charge in [0.05, 0.1) is 0 Å². The molecule has 2 rings (SSSR count). The van der Waals surface area contributed by atoms with Gasteiger partial charge in [0.25, 0.3) is 0 Å². The molecule has 1 fully saturated rings. The molecule has 1 aromatic rings. The minimum Gasteiger partial charge on any atom is -0.444 e. The highest BCUT2D eigenvalue weighted by Gasteiger charge is 2.24. The van der Waals surface area contributed by atoms with Gasteiger partial charge in [-0.1, -0.05) is 26.0 Å². The quantitative estimate of drug-likeness (QED) is 0.745. The third-order valence-corrected chi connectivity index (χ3v) is 4.91. The summed E-state index contributed by atoms with van der Waals surface area (Å²) in [6, 6.07) is 9.53. The SMILES string of the molecule is CCC(C)c1ccc(NC2CCC(NC(=O)OC(C)(C)C)CC2)cc1. The molecule has 25 heavy (non-hydrogen) atoms. The fraction of sp³-hybridized carbons (Fsp3) is 0.667. The van der Waals surface area contributed by atoms with Gasteiger partial charge < -0.3 is 15.4 Å². The van der Waals surface area contributed by atoms with Crippen molar-refractivity contribution in [2.45, 2.75) is 90.3 Å². The van der Waals surface area contributed by atoms with Gasteiger partial charge in [0.15, 0.2) is 0 Å². The number of amides is 1. The predicted molar refractivity (Wildman–Crippen MR) is 104 cm³/mol. The molecular formula is C21H34N2O2. The summed E-state index contributed by atoms with van der Waals surface area (Å²) in [5, 5.41) is 6.63. The average molecular weight is 347 g/mol. The maximum Gasteiger partial charge on any atom is 0.407 e. The van der Waals surface area contributed by atoms with Gasteiger partial charge in [-0.15, -0.1) is 0 Å². The number of benzene rings is 1. The Morgan fingerprint density at radius 2 is 1.68 bits per heavy atom. The molecule has 2 N–H and O–H groups in total. The molecule has 1 saturated carbocycles. The largest absolute Gasteiger partial charge is 0.444 e. The van der Waals surface area contributed by atoms with Gasteiger partial charge in [0.2, 0.25) is 0 Å². The molecule has 4 nitrogen and oxygen atoms in total. The van der Waals surface area contributed by atoms with Crippen LogP contribution >= 0.6 is 0 Å². The second kappa shape index (κ2) is 8.59. The van der Waals surface area contributed by atoms with E-state index < -0.39 is 5.60 Å². The van der Waals surface area contributed by atoms with Crippen molar-refractivity contribution in [3.63, 3.8) is 0 Å². The van der Waals surface area contributed by atoms with Crippen molar-refractivity contribution in [2.75, 3.05) is 5.32 Å².